The molecular formula is C52H104. The minimum absolute atomic E-state index is 0.747. The van der Waals surface area contributed by atoms with Crippen LogP contribution in [0.5, 0.6) is 0 Å². The largest absolute Gasteiger partial charge is 0.0996 e. The van der Waals surface area contributed by atoms with E-state index in [-0.39, 0.29) is 0 Å². The van der Waals surface area contributed by atoms with Gasteiger partial charge in [0.25, 0.3) is 0 Å². The summed E-state index contributed by atoms with van der Waals surface area (Å²) in [5.74, 6) is 2.99. The van der Waals surface area contributed by atoms with Crippen LogP contribution in [-0.4, -0.2) is 0 Å². The minimum atomic E-state index is 0.747. The Morgan fingerprint density at radius 2 is 0.462 bits per heavy atom. The summed E-state index contributed by atoms with van der Waals surface area (Å²) in [6.45, 7) is 44.0. The molecule has 0 amide bonds. The molecule has 312 valence electrons. The van der Waals surface area contributed by atoms with Crippen molar-refractivity contribution in [1.82, 2.24) is 0 Å². The number of allylic oxidation sites excluding steroid dienone is 4. The van der Waals surface area contributed by atoms with E-state index < -0.39 is 0 Å². The van der Waals surface area contributed by atoms with Crippen molar-refractivity contribution >= 4 is 0 Å². The molecule has 52 heavy (non-hydrogen) atoms. The summed E-state index contributed by atoms with van der Waals surface area (Å²) in [4.78, 5) is 0. The van der Waals surface area contributed by atoms with Crippen molar-refractivity contribution in [2.75, 3.05) is 0 Å². The van der Waals surface area contributed by atoms with Crippen LogP contribution >= 0.6 is 0 Å². The van der Waals surface area contributed by atoms with Crippen molar-refractivity contribution in [2.24, 2.45) is 23.7 Å². The summed E-state index contributed by atoms with van der Waals surface area (Å²) >= 11 is 0. The lowest BCUT2D eigenvalue weighted by Crippen LogP contribution is -1.98. The van der Waals surface area contributed by atoms with Gasteiger partial charge >= 0.3 is 0 Å². The Hall–Kier alpha value is -1.04. The highest BCUT2D eigenvalue weighted by Gasteiger charge is 2.08. The molecule has 4 atom stereocenters. The van der Waals surface area contributed by atoms with E-state index in [1.165, 1.54) is 202 Å². The smallest absolute Gasteiger partial charge is 0.0234 e. The van der Waals surface area contributed by atoms with Crippen molar-refractivity contribution in [3.8, 4) is 0 Å². The van der Waals surface area contributed by atoms with E-state index in [4.69, 9.17) is 0 Å². The molecule has 0 radical (unpaired) electrons. The van der Waals surface area contributed by atoms with Gasteiger partial charge in [0.05, 0.1) is 0 Å². The number of unbranched alkanes of at least 4 members (excludes halogenated alkanes) is 12. The fraction of sp³-hybridized carbons (Fsp3) is 0.846. The van der Waals surface area contributed by atoms with Crippen molar-refractivity contribution in [3.05, 3.63) is 48.6 Å². The van der Waals surface area contributed by atoms with Crippen molar-refractivity contribution in [2.45, 2.75) is 263 Å². The zero-order valence-corrected chi connectivity index (χ0v) is 38.9. The van der Waals surface area contributed by atoms with E-state index in [9.17, 15) is 0 Å². The zero-order valence-electron chi connectivity index (χ0n) is 38.9. The van der Waals surface area contributed by atoms with Crippen LogP contribution in [0.4, 0.5) is 0 Å². The van der Waals surface area contributed by atoms with Crippen molar-refractivity contribution in [1.29, 1.82) is 0 Å². The second kappa shape index (κ2) is 46.1. The van der Waals surface area contributed by atoms with Crippen LogP contribution in [-0.2, 0) is 0 Å². The van der Waals surface area contributed by atoms with E-state index in [1.54, 1.807) is 0 Å². The molecule has 0 N–H and O–H groups in total. The Balaban J connectivity index is -0.000000296. The first-order valence-corrected chi connectivity index (χ1v) is 23.6. The normalized spacial score (nSPS) is 12.8. The number of hydrogen-bond acceptors (Lipinski definition) is 0. The highest BCUT2D eigenvalue weighted by atomic mass is 14.1. The third kappa shape index (κ3) is 43.4. The van der Waals surface area contributed by atoms with Crippen molar-refractivity contribution in [3.63, 3.8) is 0 Å². The van der Waals surface area contributed by atoms with Crippen molar-refractivity contribution < 1.29 is 0 Å². The van der Waals surface area contributed by atoms with E-state index in [1.807, 2.05) is 0 Å². The van der Waals surface area contributed by atoms with Crippen LogP contribution in [0.25, 0.3) is 0 Å². The van der Waals surface area contributed by atoms with E-state index >= 15 is 0 Å². The summed E-state index contributed by atoms with van der Waals surface area (Å²) in [6.07, 6.45) is 37.1. The summed E-state index contributed by atoms with van der Waals surface area (Å²) in [5.41, 5.74) is 5.89. The Morgan fingerprint density at radius 1 is 0.269 bits per heavy atom. The molecule has 0 aromatic carbocycles. The van der Waals surface area contributed by atoms with Gasteiger partial charge in [-0.3, -0.25) is 0 Å². The molecule has 0 aromatic rings. The van der Waals surface area contributed by atoms with E-state index in [2.05, 4.69) is 109 Å². The molecule has 0 bridgehead atoms. The van der Waals surface area contributed by atoms with Gasteiger partial charge in [0.15, 0.2) is 0 Å². The lowest BCUT2D eigenvalue weighted by Gasteiger charge is -2.14. The van der Waals surface area contributed by atoms with Gasteiger partial charge in [0.1, 0.15) is 0 Å². The van der Waals surface area contributed by atoms with Crippen LogP contribution in [0.15, 0.2) is 48.6 Å². The molecule has 0 saturated carbocycles. The van der Waals surface area contributed by atoms with E-state index in [0.717, 1.165) is 23.7 Å². The van der Waals surface area contributed by atoms with Gasteiger partial charge in [-0.25, -0.2) is 0 Å². The van der Waals surface area contributed by atoms with Crippen LogP contribution in [0, 0.1) is 23.7 Å². The van der Waals surface area contributed by atoms with Crippen LogP contribution in [0.2, 0.25) is 0 Å². The average Bonchev–Trinajstić information content (AvgIpc) is 3.14. The van der Waals surface area contributed by atoms with Crippen LogP contribution in [0.3, 0.4) is 0 Å². The van der Waals surface area contributed by atoms with Gasteiger partial charge in [0.2, 0.25) is 0 Å². The molecule has 0 heterocycles. The van der Waals surface area contributed by atoms with Gasteiger partial charge in [-0.05, 0) is 101 Å². The number of hydrogen-bond donors (Lipinski definition) is 0. The van der Waals surface area contributed by atoms with Crippen LogP contribution in [0.1, 0.15) is 263 Å². The van der Waals surface area contributed by atoms with Gasteiger partial charge in [0, 0.05) is 0 Å². The van der Waals surface area contributed by atoms with Gasteiger partial charge in [-0.15, -0.1) is 0 Å². The topological polar surface area (TPSA) is 0 Å². The second-order valence-corrected chi connectivity index (χ2v) is 16.6. The molecule has 4 unspecified atom stereocenters. The Labute approximate surface area is 334 Å². The first-order valence-electron chi connectivity index (χ1n) is 23.6. The number of rotatable bonds is 32. The summed E-state index contributed by atoms with van der Waals surface area (Å²) in [7, 11) is 0. The molecule has 0 aromatic heterocycles. The molecule has 0 fully saturated rings. The monoisotopic (exact) mass is 729 g/mol. The first-order chi connectivity index (χ1) is 24.9. The maximum atomic E-state index is 4.21. The molecule has 0 nitrogen and oxygen atoms in total. The van der Waals surface area contributed by atoms with Crippen LogP contribution < -0.4 is 0 Å². The third-order valence-corrected chi connectivity index (χ3v) is 11.2. The van der Waals surface area contributed by atoms with E-state index in [0.29, 0.717) is 0 Å². The summed E-state index contributed by atoms with van der Waals surface area (Å²) < 4.78 is 0. The summed E-state index contributed by atoms with van der Waals surface area (Å²) in [5, 5.41) is 0. The lowest BCUT2D eigenvalue weighted by atomic mass is 9.92. The molecule has 0 rings (SSSR count). The fourth-order valence-corrected chi connectivity index (χ4v) is 6.24. The van der Waals surface area contributed by atoms with Gasteiger partial charge in [-0.2, -0.15) is 0 Å². The lowest BCUT2D eigenvalue weighted by molar-refractivity contribution is 0.531. The average molecular weight is 729 g/mol. The molecule has 0 spiro atoms. The summed E-state index contributed by atoms with van der Waals surface area (Å²) in [6, 6.07) is 0. The molecule has 0 aliphatic rings. The minimum Gasteiger partial charge on any atom is -0.0996 e. The second-order valence-electron chi connectivity index (χ2n) is 16.6. The SMILES string of the molecule is C=C(CCCC)C(C)CCCC.C=C(CCCC)C(C)CCCCC.C=C(CCCCC)C(C)CCCC.C=C(CCCCC)C(C)CCCCC. The molecule has 0 aliphatic carbocycles. The predicted octanol–water partition coefficient (Wildman–Crippen LogP) is 19.8. The van der Waals surface area contributed by atoms with Gasteiger partial charge in [-0.1, -0.05) is 234 Å². The standard InChI is InChI=1S/C14H28.2C13H26.C12H24/c1-5-7-9-11-13(3)14(4)12-10-8-6-2;2*1-5-7-9-11-13(4)12(3)10-8-6-2;1-5-7-9-11(3)12(4)10-8-6-2/h14H,3,5-12H2,1-2,4H3;12H,4-11H2,1-3H3;13H,3,5-11H2,1-2,4H3;12H,3,5-10H2,1-2,4H3. The molecular weight excluding hydrogens is 625 g/mol. The Morgan fingerprint density at radius 3 is 0.692 bits per heavy atom. The Kier molecular flexibility index (Phi) is 51.2. The Bertz CT molecular complexity index is 752. The highest BCUT2D eigenvalue weighted by molar-refractivity contribution is 5.00. The third-order valence-electron chi connectivity index (χ3n) is 11.2. The first kappa shape index (κ1) is 57.7. The fourth-order valence-electron chi connectivity index (χ4n) is 6.24. The quantitative estimate of drug-likeness (QED) is 0.0478. The zero-order chi connectivity index (χ0) is 40.4. The van der Waals surface area contributed by atoms with Gasteiger partial charge < -0.3 is 0 Å². The highest BCUT2D eigenvalue weighted by Crippen LogP contribution is 2.24. The molecule has 0 aliphatic heterocycles. The maximum absolute atomic E-state index is 4.21. The maximum Gasteiger partial charge on any atom is -0.0234 e. The molecule has 0 heteroatoms. The molecule has 0 saturated heterocycles. The predicted molar refractivity (Wildman–Crippen MR) is 248 cm³/mol.